The topological polar surface area (TPSA) is 43.4 Å². The average molecular weight is 296 g/mol. The van der Waals surface area contributed by atoms with Crippen molar-refractivity contribution in [2.45, 2.75) is 26.7 Å². The molecule has 0 spiro atoms. The van der Waals surface area contributed by atoms with Crippen LogP contribution in [0.5, 0.6) is 5.75 Å². The molecular formula is C19H20O3. The Morgan fingerprint density at radius 2 is 1.45 bits per heavy atom. The van der Waals surface area contributed by atoms with Crippen LogP contribution in [-0.4, -0.2) is 18.2 Å². The maximum absolute atomic E-state index is 12.1. The Morgan fingerprint density at radius 1 is 0.909 bits per heavy atom. The van der Waals surface area contributed by atoms with Crippen molar-refractivity contribution in [3.63, 3.8) is 0 Å². The molecule has 0 heterocycles. The van der Waals surface area contributed by atoms with Gasteiger partial charge < -0.3 is 4.74 Å². The minimum atomic E-state index is -0.0639. The van der Waals surface area contributed by atoms with E-state index < -0.39 is 0 Å². The van der Waals surface area contributed by atoms with E-state index in [0.29, 0.717) is 22.8 Å². The molecule has 2 rings (SSSR count). The molecule has 0 aromatic heterocycles. The summed E-state index contributed by atoms with van der Waals surface area (Å²) < 4.78 is 5.47. The molecule has 0 amide bonds. The minimum absolute atomic E-state index is 0.00729. The number of hydrogen-bond acceptors (Lipinski definition) is 3. The third kappa shape index (κ3) is 4.04. The monoisotopic (exact) mass is 296 g/mol. The Kier molecular flexibility index (Phi) is 5.10. The highest BCUT2D eigenvalue weighted by Gasteiger charge is 2.08. The third-order valence-electron chi connectivity index (χ3n) is 3.53. The molecule has 3 heteroatoms. The van der Waals surface area contributed by atoms with E-state index in [9.17, 15) is 9.59 Å². The summed E-state index contributed by atoms with van der Waals surface area (Å²) in [6, 6.07) is 14.4. The van der Waals surface area contributed by atoms with Crippen molar-refractivity contribution >= 4 is 11.6 Å². The molecule has 0 saturated carbocycles. The standard InChI is InChI=1S/C19H20O3/c1-13(2)15-4-6-17(7-5-15)19(21)12-22-18-10-8-16(9-11-18)14(3)20/h4-11,13H,12H2,1-3H3. The van der Waals surface area contributed by atoms with Crippen molar-refractivity contribution < 1.29 is 14.3 Å². The summed E-state index contributed by atoms with van der Waals surface area (Å²) >= 11 is 0. The number of hydrogen-bond donors (Lipinski definition) is 0. The van der Waals surface area contributed by atoms with Crippen LogP contribution in [0.1, 0.15) is 53.0 Å². The van der Waals surface area contributed by atoms with Crippen molar-refractivity contribution in [1.82, 2.24) is 0 Å². The predicted molar refractivity (Wildman–Crippen MR) is 86.8 cm³/mol. The van der Waals surface area contributed by atoms with E-state index in [1.54, 1.807) is 24.3 Å². The lowest BCUT2D eigenvalue weighted by Crippen LogP contribution is -2.11. The highest BCUT2D eigenvalue weighted by Crippen LogP contribution is 2.16. The maximum Gasteiger partial charge on any atom is 0.200 e. The molecule has 0 radical (unpaired) electrons. The van der Waals surface area contributed by atoms with Crippen LogP contribution < -0.4 is 4.74 Å². The van der Waals surface area contributed by atoms with E-state index in [1.165, 1.54) is 12.5 Å². The van der Waals surface area contributed by atoms with Crippen molar-refractivity contribution in [3.8, 4) is 5.75 Å². The van der Waals surface area contributed by atoms with Gasteiger partial charge in [0.15, 0.2) is 18.2 Å². The number of rotatable bonds is 6. The average Bonchev–Trinajstić information content (AvgIpc) is 2.53. The van der Waals surface area contributed by atoms with Crippen LogP contribution in [-0.2, 0) is 0 Å². The number of carbonyl (C=O) groups is 2. The molecule has 22 heavy (non-hydrogen) atoms. The van der Waals surface area contributed by atoms with E-state index in [2.05, 4.69) is 13.8 Å². The summed E-state index contributed by atoms with van der Waals surface area (Å²) in [5.74, 6) is 0.969. The number of benzene rings is 2. The van der Waals surface area contributed by atoms with Gasteiger partial charge in [0.1, 0.15) is 5.75 Å². The van der Waals surface area contributed by atoms with Crippen LogP contribution in [0.25, 0.3) is 0 Å². The fraction of sp³-hybridized carbons (Fsp3) is 0.263. The summed E-state index contributed by atoms with van der Waals surface area (Å²) in [5, 5.41) is 0. The van der Waals surface area contributed by atoms with Crippen LogP contribution in [0.3, 0.4) is 0 Å². The molecular weight excluding hydrogens is 276 g/mol. The van der Waals surface area contributed by atoms with E-state index >= 15 is 0 Å². The first-order valence-corrected chi connectivity index (χ1v) is 7.34. The van der Waals surface area contributed by atoms with Crippen molar-refractivity contribution in [1.29, 1.82) is 0 Å². The summed E-state index contributed by atoms with van der Waals surface area (Å²) in [6.07, 6.45) is 0. The second-order valence-electron chi connectivity index (χ2n) is 5.57. The highest BCUT2D eigenvalue weighted by molar-refractivity contribution is 5.97. The van der Waals surface area contributed by atoms with Gasteiger partial charge in [0.2, 0.25) is 0 Å². The summed E-state index contributed by atoms with van der Waals surface area (Å²) in [7, 11) is 0. The van der Waals surface area contributed by atoms with E-state index in [4.69, 9.17) is 4.74 Å². The van der Waals surface area contributed by atoms with E-state index in [-0.39, 0.29) is 18.2 Å². The second-order valence-corrected chi connectivity index (χ2v) is 5.57. The van der Waals surface area contributed by atoms with Crippen LogP contribution >= 0.6 is 0 Å². The van der Waals surface area contributed by atoms with Gasteiger partial charge in [0.05, 0.1) is 0 Å². The van der Waals surface area contributed by atoms with Gasteiger partial charge in [-0.15, -0.1) is 0 Å². The summed E-state index contributed by atoms with van der Waals surface area (Å²) in [6.45, 7) is 5.73. The van der Waals surface area contributed by atoms with Crippen LogP contribution in [0.2, 0.25) is 0 Å². The lowest BCUT2D eigenvalue weighted by molar-refractivity contribution is 0.0920. The van der Waals surface area contributed by atoms with E-state index in [0.717, 1.165) is 0 Å². The molecule has 3 nitrogen and oxygen atoms in total. The van der Waals surface area contributed by atoms with Gasteiger partial charge in [0, 0.05) is 11.1 Å². The molecule has 0 aliphatic carbocycles. The number of carbonyl (C=O) groups excluding carboxylic acids is 2. The molecule has 0 unspecified atom stereocenters. The fourth-order valence-corrected chi connectivity index (χ4v) is 2.07. The molecule has 0 N–H and O–H groups in total. The van der Waals surface area contributed by atoms with Crippen LogP contribution in [0.15, 0.2) is 48.5 Å². The fourth-order valence-electron chi connectivity index (χ4n) is 2.07. The zero-order valence-electron chi connectivity index (χ0n) is 13.1. The van der Waals surface area contributed by atoms with Crippen molar-refractivity contribution in [2.24, 2.45) is 0 Å². The maximum atomic E-state index is 12.1. The highest BCUT2D eigenvalue weighted by atomic mass is 16.5. The normalized spacial score (nSPS) is 10.5. The number of ether oxygens (including phenoxy) is 1. The second kappa shape index (κ2) is 7.03. The molecule has 0 saturated heterocycles. The Balaban J connectivity index is 1.96. The Morgan fingerprint density at radius 3 is 1.95 bits per heavy atom. The number of ketones is 2. The van der Waals surface area contributed by atoms with Crippen molar-refractivity contribution in [3.05, 3.63) is 65.2 Å². The van der Waals surface area contributed by atoms with Gasteiger partial charge in [-0.1, -0.05) is 38.1 Å². The zero-order valence-corrected chi connectivity index (χ0v) is 13.1. The first kappa shape index (κ1) is 16.0. The SMILES string of the molecule is CC(=O)c1ccc(OCC(=O)c2ccc(C(C)C)cc2)cc1. The Bertz CT molecular complexity index is 652. The molecule has 0 aliphatic heterocycles. The van der Waals surface area contributed by atoms with Crippen LogP contribution in [0, 0.1) is 0 Å². The summed E-state index contributed by atoms with van der Waals surface area (Å²) in [4.78, 5) is 23.3. The van der Waals surface area contributed by atoms with Gasteiger partial charge in [-0.2, -0.15) is 0 Å². The van der Waals surface area contributed by atoms with Crippen LogP contribution in [0.4, 0.5) is 0 Å². The molecule has 114 valence electrons. The zero-order chi connectivity index (χ0) is 16.1. The van der Waals surface area contributed by atoms with E-state index in [1.807, 2.05) is 24.3 Å². The molecule has 0 aliphatic rings. The van der Waals surface area contributed by atoms with Gasteiger partial charge in [-0.05, 0) is 42.7 Å². The minimum Gasteiger partial charge on any atom is -0.485 e. The quantitative estimate of drug-likeness (QED) is 0.747. The number of Topliss-reactive ketones (excluding diaryl/α,β-unsaturated/α-hetero) is 2. The third-order valence-corrected chi connectivity index (χ3v) is 3.53. The summed E-state index contributed by atoms with van der Waals surface area (Å²) in [5.41, 5.74) is 2.48. The molecule has 2 aromatic carbocycles. The Labute approximate surface area is 130 Å². The lowest BCUT2D eigenvalue weighted by atomic mass is 10.0. The molecule has 0 bridgehead atoms. The van der Waals surface area contributed by atoms with Crippen molar-refractivity contribution in [2.75, 3.05) is 6.61 Å². The van der Waals surface area contributed by atoms with Gasteiger partial charge in [0.25, 0.3) is 0 Å². The smallest absolute Gasteiger partial charge is 0.200 e. The first-order chi connectivity index (χ1) is 10.5. The largest absolute Gasteiger partial charge is 0.485 e. The van der Waals surface area contributed by atoms with Gasteiger partial charge in [-0.25, -0.2) is 0 Å². The first-order valence-electron chi connectivity index (χ1n) is 7.34. The Hall–Kier alpha value is -2.42. The predicted octanol–water partition coefficient (Wildman–Crippen LogP) is 4.27. The van der Waals surface area contributed by atoms with Gasteiger partial charge >= 0.3 is 0 Å². The molecule has 0 atom stereocenters. The molecule has 0 fully saturated rings. The van der Waals surface area contributed by atoms with Gasteiger partial charge in [-0.3, -0.25) is 9.59 Å². The lowest BCUT2D eigenvalue weighted by Gasteiger charge is -2.08. The molecule has 2 aromatic rings.